The summed E-state index contributed by atoms with van der Waals surface area (Å²) in [5.74, 6) is 6.49. The average molecular weight is 344 g/mol. The van der Waals surface area contributed by atoms with Crippen LogP contribution in [0.15, 0.2) is 24.4 Å². The van der Waals surface area contributed by atoms with Crippen molar-refractivity contribution in [2.24, 2.45) is 0 Å². The second-order valence-electron chi connectivity index (χ2n) is 6.07. The van der Waals surface area contributed by atoms with Crippen LogP contribution in [0.1, 0.15) is 47.5 Å². The van der Waals surface area contributed by atoms with E-state index in [0.717, 1.165) is 40.8 Å². The summed E-state index contributed by atoms with van der Waals surface area (Å²) in [6, 6.07) is 5.84. The predicted molar refractivity (Wildman–Crippen MR) is 95.2 cm³/mol. The summed E-state index contributed by atoms with van der Waals surface area (Å²) >= 11 is 0. The minimum Gasteiger partial charge on any atom is -0.496 e. The third kappa shape index (κ3) is 3.09. The highest BCUT2D eigenvalue weighted by Gasteiger charge is 2.31. The normalized spacial score (nSPS) is 16.8. The first-order valence-electron chi connectivity index (χ1n) is 8.51. The first-order valence-corrected chi connectivity index (χ1v) is 8.51. The van der Waals surface area contributed by atoms with Gasteiger partial charge >= 0.3 is 5.97 Å². The Morgan fingerprint density at radius 1 is 1.40 bits per heavy atom. The fourth-order valence-corrected chi connectivity index (χ4v) is 3.43. The molecule has 25 heavy (non-hydrogen) atoms. The Kier molecular flexibility index (Phi) is 4.99. The maximum absolute atomic E-state index is 12.5. The monoisotopic (exact) mass is 344 g/mol. The van der Waals surface area contributed by atoms with Crippen LogP contribution in [0.5, 0.6) is 5.75 Å². The Balaban J connectivity index is 2.20. The quantitative estimate of drug-likeness (QED) is 0.666. The van der Waals surface area contributed by atoms with Gasteiger partial charge in [0.2, 0.25) is 0 Å². The first-order chi connectivity index (χ1) is 12.1. The van der Waals surface area contributed by atoms with Gasteiger partial charge in [0.15, 0.2) is 5.69 Å². The van der Waals surface area contributed by atoms with Crippen molar-refractivity contribution in [2.45, 2.75) is 32.8 Å². The van der Waals surface area contributed by atoms with E-state index in [-0.39, 0.29) is 6.10 Å². The number of rotatable bonds is 5. The van der Waals surface area contributed by atoms with E-state index in [1.54, 1.807) is 20.2 Å². The zero-order valence-electron chi connectivity index (χ0n) is 14.9. The van der Waals surface area contributed by atoms with Gasteiger partial charge < -0.3 is 20.1 Å². The Labute approximate surface area is 147 Å². The minimum absolute atomic E-state index is 0.162. The van der Waals surface area contributed by atoms with Crippen molar-refractivity contribution < 1.29 is 19.0 Å². The lowest BCUT2D eigenvalue weighted by molar-refractivity contribution is 0.0504. The standard InChI is InChI=1S/C19H24N2O4/c1-4-24-19(22)18-17(16-9-6-10-25-16)14(11-21(18)20)13-7-5-8-15(23-3)12(13)2/h5,7-8,11,16H,4,6,9-10,20H2,1-3H3. The summed E-state index contributed by atoms with van der Waals surface area (Å²) in [6.45, 7) is 4.74. The van der Waals surface area contributed by atoms with E-state index >= 15 is 0 Å². The fraction of sp³-hybridized carbons (Fsp3) is 0.421. The van der Waals surface area contributed by atoms with E-state index in [1.165, 1.54) is 4.68 Å². The third-order valence-electron chi connectivity index (χ3n) is 4.59. The van der Waals surface area contributed by atoms with Gasteiger partial charge in [0.1, 0.15) is 5.75 Å². The van der Waals surface area contributed by atoms with Gasteiger partial charge in [0.25, 0.3) is 0 Å². The smallest absolute Gasteiger partial charge is 0.357 e. The van der Waals surface area contributed by atoms with Crippen LogP contribution in [-0.2, 0) is 9.47 Å². The van der Waals surface area contributed by atoms with Gasteiger partial charge in [-0.3, -0.25) is 4.68 Å². The summed E-state index contributed by atoms with van der Waals surface area (Å²) < 4.78 is 17.9. The van der Waals surface area contributed by atoms with Gasteiger partial charge in [-0.2, -0.15) is 0 Å². The Bertz CT molecular complexity index is 776. The molecule has 1 aromatic carbocycles. The summed E-state index contributed by atoms with van der Waals surface area (Å²) in [6.07, 6.45) is 3.42. The minimum atomic E-state index is -0.428. The molecule has 3 rings (SSSR count). The molecule has 0 radical (unpaired) electrons. The molecule has 1 unspecified atom stereocenters. The molecule has 0 aliphatic carbocycles. The van der Waals surface area contributed by atoms with Crippen molar-refractivity contribution in [1.29, 1.82) is 0 Å². The number of esters is 1. The van der Waals surface area contributed by atoms with Crippen molar-refractivity contribution in [3.05, 3.63) is 41.2 Å². The van der Waals surface area contributed by atoms with Crippen LogP contribution in [0.3, 0.4) is 0 Å². The molecule has 1 atom stereocenters. The van der Waals surface area contributed by atoms with E-state index in [1.807, 2.05) is 25.1 Å². The van der Waals surface area contributed by atoms with Crippen LogP contribution < -0.4 is 10.6 Å². The molecular weight excluding hydrogens is 320 g/mol. The summed E-state index contributed by atoms with van der Waals surface area (Å²) in [5, 5.41) is 0. The molecule has 134 valence electrons. The van der Waals surface area contributed by atoms with E-state index in [9.17, 15) is 4.79 Å². The fourth-order valence-electron chi connectivity index (χ4n) is 3.43. The molecular formula is C19H24N2O4. The Hall–Kier alpha value is -2.47. The van der Waals surface area contributed by atoms with Gasteiger partial charge in [0, 0.05) is 23.9 Å². The van der Waals surface area contributed by atoms with Gasteiger partial charge in [-0.15, -0.1) is 0 Å². The molecule has 2 aromatic rings. The van der Waals surface area contributed by atoms with Gasteiger partial charge in [-0.25, -0.2) is 4.79 Å². The number of nitrogen functional groups attached to an aromatic ring is 1. The molecule has 0 bridgehead atoms. The van der Waals surface area contributed by atoms with Crippen LogP contribution >= 0.6 is 0 Å². The van der Waals surface area contributed by atoms with E-state index in [2.05, 4.69) is 0 Å². The molecule has 1 saturated heterocycles. The highest BCUT2D eigenvalue weighted by molar-refractivity contribution is 5.93. The molecule has 0 spiro atoms. The molecule has 6 nitrogen and oxygen atoms in total. The number of ether oxygens (including phenoxy) is 3. The SMILES string of the molecule is CCOC(=O)c1c(C2CCCO2)c(-c2cccc(OC)c2C)cn1N. The second kappa shape index (κ2) is 7.19. The number of hydrogen-bond donors (Lipinski definition) is 1. The third-order valence-corrected chi connectivity index (χ3v) is 4.59. The van der Waals surface area contributed by atoms with E-state index in [4.69, 9.17) is 20.1 Å². The molecule has 2 heterocycles. The molecule has 1 aromatic heterocycles. The zero-order valence-corrected chi connectivity index (χ0v) is 14.9. The number of aromatic nitrogens is 1. The van der Waals surface area contributed by atoms with Crippen LogP contribution in [0.25, 0.3) is 11.1 Å². The highest BCUT2D eigenvalue weighted by atomic mass is 16.5. The van der Waals surface area contributed by atoms with Crippen molar-refractivity contribution in [1.82, 2.24) is 4.68 Å². The lowest BCUT2D eigenvalue weighted by atomic mass is 9.94. The van der Waals surface area contributed by atoms with Crippen LogP contribution in [0, 0.1) is 6.92 Å². The summed E-state index contributed by atoms with van der Waals surface area (Å²) in [4.78, 5) is 12.5. The number of benzene rings is 1. The highest BCUT2D eigenvalue weighted by Crippen LogP contribution is 2.41. The topological polar surface area (TPSA) is 75.7 Å². The van der Waals surface area contributed by atoms with Gasteiger partial charge in [0.05, 0.1) is 19.8 Å². The summed E-state index contributed by atoms with van der Waals surface area (Å²) in [7, 11) is 1.64. The maximum atomic E-state index is 12.5. The van der Waals surface area contributed by atoms with Crippen LogP contribution in [0.2, 0.25) is 0 Å². The average Bonchev–Trinajstić information content (AvgIpc) is 3.22. The molecule has 2 N–H and O–H groups in total. The lowest BCUT2D eigenvalue weighted by Gasteiger charge is -2.16. The zero-order chi connectivity index (χ0) is 18.0. The Morgan fingerprint density at radius 3 is 2.84 bits per heavy atom. The van der Waals surface area contributed by atoms with Gasteiger partial charge in [-0.1, -0.05) is 12.1 Å². The molecule has 0 saturated carbocycles. The number of hydrogen-bond acceptors (Lipinski definition) is 5. The van der Waals surface area contributed by atoms with Crippen LogP contribution in [0.4, 0.5) is 0 Å². The van der Waals surface area contributed by atoms with Crippen molar-refractivity contribution >= 4 is 5.97 Å². The van der Waals surface area contributed by atoms with Crippen molar-refractivity contribution in [2.75, 3.05) is 26.2 Å². The lowest BCUT2D eigenvalue weighted by Crippen LogP contribution is -2.19. The van der Waals surface area contributed by atoms with Crippen molar-refractivity contribution in [3.8, 4) is 16.9 Å². The molecule has 0 amide bonds. The number of carbonyl (C=O) groups is 1. The van der Waals surface area contributed by atoms with E-state index in [0.29, 0.717) is 18.9 Å². The van der Waals surface area contributed by atoms with Gasteiger partial charge in [-0.05, 0) is 43.9 Å². The number of methoxy groups -OCH3 is 1. The second-order valence-corrected chi connectivity index (χ2v) is 6.07. The number of nitrogens with two attached hydrogens (primary N) is 1. The Morgan fingerprint density at radius 2 is 2.20 bits per heavy atom. The number of nitrogens with zero attached hydrogens (tertiary/aromatic N) is 1. The molecule has 1 fully saturated rings. The van der Waals surface area contributed by atoms with Crippen molar-refractivity contribution in [3.63, 3.8) is 0 Å². The number of carbonyl (C=O) groups excluding carboxylic acids is 1. The van der Waals surface area contributed by atoms with E-state index < -0.39 is 5.97 Å². The van der Waals surface area contributed by atoms with Crippen LogP contribution in [-0.4, -0.2) is 31.0 Å². The largest absolute Gasteiger partial charge is 0.496 e. The maximum Gasteiger partial charge on any atom is 0.357 e. The molecule has 1 aliphatic rings. The summed E-state index contributed by atoms with van der Waals surface area (Å²) in [5.41, 5.74) is 4.00. The molecule has 6 heteroatoms. The first kappa shape index (κ1) is 17.4. The molecule has 1 aliphatic heterocycles. The predicted octanol–water partition coefficient (Wildman–Crippen LogP) is 3.21.